The van der Waals surface area contributed by atoms with E-state index in [4.69, 9.17) is 0 Å². The molecule has 2 aromatic heterocycles. The highest BCUT2D eigenvalue weighted by Crippen LogP contribution is 2.27. The highest BCUT2D eigenvalue weighted by atomic mass is 16.1. The van der Waals surface area contributed by atoms with Gasteiger partial charge in [-0.05, 0) is 0 Å². The van der Waals surface area contributed by atoms with E-state index in [1.54, 1.807) is 10.9 Å². The van der Waals surface area contributed by atoms with Gasteiger partial charge in [0.15, 0.2) is 0 Å². The predicted octanol–water partition coefficient (Wildman–Crippen LogP) is 2.13. The van der Waals surface area contributed by atoms with Crippen LogP contribution in [0.25, 0.3) is 11.3 Å². The maximum absolute atomic E-state index is 12.2. The maximum atomic E-state index is 12.2. The molecule has 21 heavy (non-hydrogen) atoms. The van der Waals surface area contributed by atoms with Crippen LogP contribution in [0.15, 0.2) is 55.1 Å². The Bertz CT molecular complexity index is 752. The molecule has 1 aromatic carbocycles. The summed E-state index contributed by atoms with van der Waals surface area (Å²) in [6.07, 6.45) is 6.05. The number of aromatic nitrogens is 4. The van der Waals surface area contributed by atoms with Crippen LogP contribution in [0, 0.1) is 0 Å². The summed E-state index contributed by atoms with van der Waals surface area (Å²) in [5.41, 5.74) is 2.72. The molecule has 1 N–H and O–H groups in total. The zero-order valence-corrected chi connectivity index (χ0v) is 11.4. The number of anilines is 1. The Morgan fingerprint density at radius 2 is 1.95 bits per heavy atom. The maximum Gasteiger partial charge on any atom is 0.275 e. The Morgan fingerprint density at radius 3 is 2.67 bits per heavy atom. The van der Waals surface area contributed by atoms with Crippen LogP contribution in [0.4, 0.5) is 5.69 Å². The summed E-state index contributed by atoms with van der Waals surface area (Å²) in [5.74, 6) is -0.312. The van der Waals surface area contributed by atoms with Crippen molar-refractivity contribution in [2.75, 3.05) is 5.32 Å². The first-order valence-corrected chi connectivity index (χ1v) is 6.40. The number of aryl methyl sites for hydroxylation is 1. The second-order valence-electron chi connectivity index (χ2n) is 4.44. The van der Waals surface area contributed by atoms with Crippen LogP contribution in [-0.4, -0.2) is 25.7 Å². The SMILES string of the molecule is Cn1ncc(NC(=O)c2cnccn2)c1-c1ccccc1. The van der Waals surface area contributed by atoms with Crippen molar-refractivity contribution in [3.63, 3.8) is 0 Å². The van der Waals surface area contributed by atoms with E-state index in [9.17, 15) is 4.79 Å². The van der Waals surface area contributed by atoms with Crippen molar-refractivity contribution in [3.05, 3.63) is 60.8 Å². The summed E-state index contributed by atoms with van der Waals surface area (Å²) < 4.78 is 1.72. The Morgan fingerprint density at radius 1 is 1.14 bits per heavy atom. The number of carbonyl (C=O) groups is 1. The lowest BCUT2D eigenvalue weighted by molar-refractivity contribution is 0.102. The highest BCUT2D eigenvalue weighted by molar-refractivity contribution is 6.04. The van der Waals surface area contributed by atoms with E-state index in [-0.39, 0.29) is 11.6 Å². The van der Waals surface area contributed by atoms with Gasteiger partial charge < -0.3 is 5.32 Å². The molecular weight excluding hydrogens is 266 g/mol. The molecule has 6 nitrogen and oxygen atoms in total. The van der Waals surface area contributed by atoms with Crippen LogP contribution < -0.4 is 5.32 Å². The largest absolute Gasteiger partial charge is 0.317 e. The summed E-state index contributed by atoms with van der Waals surface area (Å²) >= 11 is 0. The number of nitrogens with zero attached hydrogens (tertiary/aromatic N) is 4. The Balaban J connectivity index is 1.93. The van der Waals surface area contributed by atoms with Crippen LogP contribution in [-0.2, 0) is 7.05 Å². The van der Waals surface area contributed by atoms with Crippen LogP contribution in [0.2, 0.25) is 0 Å². The number of rotatable bonds is 3. The van der Waals surface area contributed by atoms with E-state index in [0.29, 0.717) is 5.69 Å². The first-order chi connectivity index (χ1) is 10.3. The van der Waals surface area contributed by atoms with Gasteiger partial charge in [-0.1, -0.05) is 30.3 Å². The summed E-state index contributed by atoms with van der Waals surface area (Å²) in [4.78, 5) is 20.0. The molecule has 2 heterocycles. The van der Waals surface area contributed by atoms with Gasteiger partial charge in [0.25, 0.3) is 5.91 Å². The number of benzene rings is 1. The summed E-state index contributed by atoms with van der Waals surface area (Å²) in [5, 5.41) is 7.03. The number of hydrogen-bond donors (Lipinski definition) is 1. The van der Waals surface area contributed by atoms with Crippen LogP contribution in [0.5, 0.6) is 0 Å². The van der Waals surface area contributed by atoms with Crippen molar-refractivity contribution in [2.45, 2.75) is 0 Å². The molecule has 3 aromatic rings. The Hall–Kier alpha value is -3.02. The van der Waals surface area contributed by atoms with Gasteiger partial charge in [-0.25, -0.2) is 4.98 Å². The van der Waals surface area contributed by atoms with Crippen LogP contribution in [0.3, 0.4) is 0 Å². The van der Waals surface area contributed by atoms with E-state index < -0.39 is 0 Å². The fraction of sp³-hybridized carbons (Fsp3) is 0.0667. The molecular formula is C15H13N5O. The molecule has 0 saturated heterocycles. The van der Waals surface area contributed by atoms with Gasteiger partial charge in [-0.2, -0.15) is 5.10 Å². The molecule has 0 spiro atoms. The average molecular weight is 279 g/mol. The van der Waals surface area contributed by atoms with Crippen LogP contribution >= 0.6 is 0 Å². The summed E-state index contributed by atoms with van der Waals surface area (Å²) in [6, 6.07) is 9.76. The molecule has 6 heteroatoms. The van der Waals surface area contributed by atoms with E-state index in [2.05, 4.69) is 20.4 Å². The smallest absolute Gasteiger partial charge is 0.275 e. The molecule has 3 rings (SSSR count). The normalized spacial score (nSPS) is 10.3. The first kappa shape index (κ1) is 13.0. The quantitative estimate of drug-likeness (QED) is 0.797. The fourth-order valence-electron chi connectivity index (χ4n) is 2.07. The molecule has 0 aliphatic heterocycles. The van der Waals surface area contributed by atoms with Gasteiger partial charge in [0.2, 0.25) is 0 Å². The number of amides is 1. The van der Waals surface area contributed by atoms with E-state index >= 15 is 0 Å². The Kier molecular flexibility index (Phi) is 3.42. The molecule has 0 aliphatic carbocycles. The summed E-state index contributed by atoms with van der Waals surface area (Å²) in [7, 11) is 1.83. The molecule has 0 radical (unpaired) electrons. The fourth-order valence-corrected chi connectivity index (χ4v) is 2.07. The van der Waals surface area contributed by atoms with Crippen LogP contribution in [0.1, 0.15) is 10.5 Å². The predicted molar refractivity (Wildman–Crippen MR) is 78.6 cm³/mol. The van der Waals surface area contributed by atoms with Gasteiger partial charge >= 0.3 is 0 Å². The Labute approximate surface area is 121 Å². The molecule has 0 bridgehead atoms. The molecule has 0 unspecified atom stereocenters. The molecule has 0 aliphatic rings. The van der Waals surface area contributed by atoms with Gasteiger partial charge in [-0.3, -0.25) is 14.5 Å². The molecule has 1 amide bonds. The third-order valence-corrected chi connectivity index (χ3v) is 3.03. The van der Waals surface area contributed by atoms with E-state index in [1.807, 2.05) is 37.4 Å². The minimum atomic E-state index is -0.312. The topological polar surface area (TPSA) is 72.7 Å². The molecule has 104 valence electrons. The highest BCUT2D eigenvalue weighted by Gasteiger charge is 2.15. The zero-order chi connectivity index (χ0) is 14.7. The molecule has 0 fully saturated rings. The number of hydrogen-bond acceptors (Lipinski definition) is 4. The van der Waals surface area contributed by atoms with Crippen molar-refractivity contribution in [3.8, 4) is 11.3 Å². The lowest BCUT2D eigenvalue weighted by atomic mass is 10.1. The lowest BCUT2D eigenvalue weighted by Gasteiger charge is -2.07. The number of nitrogens with one attached hydrogen (secondary N) is 1. The second kappa shape index (κ2) is 5.54. The second-order valence-corrected chi connectivity index (χ2v) is 4.44. The minimum Gasteiger partial charge on any atom is -0.317 e. The standard InChI is InChI=1S/C15H13N5O/c1-20-14(11-5-3-2-4-6-11)12(10-18-20)19-15(21)13-9-16-7-8-17-13/h2-10H,1H3,(H,19,21). The third-order valence-electron chi connectivity index (χ3n) is 3.03. The van der Waals surface area contributed by atoms with Crippen molar-refractivity contribution in [1.29, 1.82) is 0 Å². The lowest BCUT2D eigenvalue weighted by Crippen LogP contribution is -2.14. The van der Waals surface area contributed by atoms with Gasteiger partial charge in [0, 0.05) is 25.0 Å². The van der Waals surface area contributed by atoms with Crippen molar-refractivity contribution in [1.82, 2.24) is 19.7 Å². The first-order valence-electron chi connectivity index (χ1n) is 6.40. The number of carbonyl (C=O) groups excluding carboxylic acids is 1. The van der Waals surface area contributed by atoms with Crippen molar-refractivity contribution < 1.29 is 4.79 Å². The minimum absolute atomic E-state index is 0.264. The molecule has 0 atom stereocenters. The van der Waals surface area contributed by atoms with Crippen molar-refractivity contribution >= 4 is 11.6 Å². The van der Waals surface area contributed by atoms with Gasteiger partial charge in [0.05, 0.1) is 23.8 Å². The monoisotopic (exact) mass is 279 g/mol. The third kappa shape index (κ3) is 2.64. The molecule has 0 saturated carbocycles. The van der Waals surface area contributed by atoms with E-state index in [0.717, 1.165) is 11.3 Å². The van der Waals surface area contributed by atoms with Gasteiger partial charge in [0.1, 0.15) is 5.69 Å². The van der Waals surface area contributed by atoms with Gasteiger partial charge in [-0.15, -0.1) is 0 Å². The zero-order valence-electron chi connectivity index (χ0n) is 11.4. The van der Waals surface area contributed by atoms with Crippen molar-refractivity contribution in [2.24, 2.45) is 7.05 Å². The average Bonchev–Trinajstić information content (AvgIpc) is 2.89. The van der Waals surface area contributed by atoms with E-state index in [1.165, 1.54) is 18.6 Å². The summed E-state index contributed by atoms with van der Waals surface area (Å²) in [6.45, 7) is 0.